The van der Waals surface area contributed by atoms with Crippen molar-refractivity contribution < 1.29 is 14.6 Å². The Morgan fingerprint density at radius 1 is 1.40 bits per heavy atom. The Hall–Kier alpha value is -1.50. The Bertz CT molecular complexity index is 310. The summed E-state index contributed by atoms with van der Waals surface area (Å²) in [4.78, 5) is 5.17. The van der Waals surface area contributed by atoms with Crippen LogP contribution in [0.15, 0.2) is 10.2 Å². The van der Waals surface area contributed by atoms with Crippen molar-refractivity contribution in [1.29, 1.82) is 0 Å². The van der Waals surface area contributed by atoms with Gasteiger partial charge in [0.05, 0.1) is 18.7 Å². The number of aliphatic hydroxyl groups is 1. The van der Waals surface area contributed by atoms with Crippen LogP contribution in [0, 0.1) is 0 Å². The average Bonchev–Trinajstić information content (AvgIpc) is 2.24. The van der Waals surface area contributed by atoms with Crippen molar-refractivity contribution in [2.24, 2.45) is 10.2 Å². The summed E-state index contributed by atoms with van der Waals surface area (Å²) in [6.07, 6.45) is -2.01. The molecule has 15 heavy (non-hydrogen) atoms. The van der Waals surface area contributed by atoms with Crippen LogP contribution in [0.2, 0.25) is 0 Å². The fourth-order valence-electron chi connectivity index (χ4n) is 1.36. The molecular formula is C6H10N6O3. The second-order valence-corrected chi connectivity index (χ2v) is 2.90. The fourth-order valence-corrected chi connectivity index (χ4v) is 1.36. The molecule has 0 aliphatic carbocycles. The number of hydrogen-bond donors (Lipinski definition) is 1. The minimum absolute atomic E-state index is 0.0450. The largest absolute Gasteiger partial charge is 0.387 e. The minimum atomic E-state index is -1.14. The van der Waals surface area contributed by atoms with E-state index in [4.69, 9.17) is 20.5 Å². The van der Waals surface area contributed by atoms with Crippen molar-refractivity contribution in [3.05, 3.63) is 20.9 Å². The number of rotatable bonds is 3. The van der Waals surface area contributed by atoms with E-state index in [1.165, 1.54) is 7.11 Å². The van der Waals surface area contributed by atoms with E-state index >= 15 is 0 Å². The first-order valence-electron chi connectivity index (χ1n) is 4.15. The molecule has 0 radical (unpaired) electrons. The summed E-state index contributed by atoms with van der Waals surface area (Å²) in [7, 11) is 1.36. The number of ether oxygens (including phenoxy) is 2. The zero-order valence-corrected chi connectivity index (χ0v) is 7.96. The molecule has 0 amide bonds. The van der Waals surface area contributed by atoms with Crippen LogP contribution in [0.5, 0.6) is 0 Å². The van der Waals surface area contributed by atoms with Crippen molar-refractivity contribution in [1.82, 2.24) is 0 Å². The molecule has 0 aromatic heterocycles. The average molecular weight is 214 g/mol. The Labute approximate surface area is 84.8 Å². The lowest BCUT2D eigenvalue weighted by Gasteiger charge is -2.34. The molecule has 1 rings (SSSR count). The molecule has 0 unspecified atom stereocenters. The van der Waals surface area contributed by atoms with Crippen LogP contribution in [0.4, 0.5) is 0 Å². The summed E-state index contributed by atoms with van der Waals surface area (Å²) in [5.74, 6) is 0. The fraction of sp³-hybridized carbons (Fsp3) is 1.00. The molecule has 1 aliphatic heterocycles. The maximum absolute atomic E-state index is 9.66. The second-order valence-electron chi connectivity index (χ2n) is 2.90. The highest BCUT2D eigenvalue weighted by Gasteiger charge is 2.38. The van der Waals surface area contributed by atoms with Gasteiger partial charge in [0, 0.05) is 16.9 Å². The van der Waals surface area contributed by atoms with Crippen LogP contribution >= 0.6 is 0 Å². The standard InChI is InChI=1S/C6H10N6O3/c1-14-6-5(13)4(10-12-8)3(2-15-6)9-11-7/h3-6,13H,2H2,1H3/t3-,4-,5+,6-/m0/s1. The van der Waals surface area contributed by atoms with Gasteiger partial charge in [0.15, 0.2) is 6.29 Å². The molecule has 0 bridgehead atoms. The van der Waals surface area contributed by atoms with Crippen LogP contribution in [0.1, 0.15) is 0 Å². The molecule has 9 heteroatoms. The van der Waals surface area contributed by atoms with Crippen LogP contribution in [0.25, 0.3) is 20.9 Å². The molecule has 1 aliphatic rings. The van der Waals surface area contributed by atoms with Gasteiger partial charge < -0.3 is 14.6 Å². The second kappa shape index (κ2) is 5.40. The van der Waals surface area contributed by atoms with E-state index in [0.29, 0.717) is 0 Å². The Morgan fingerprint density at radius 3 is 2.60 bits per heavy atom. The number of methoxy groups -OCH3 is 1. The molecule has 82 valence electrons. The van der Waals surface area contributed by atoms with Crippen LogP contribution < -0.4 is 0 Å². The molecule has 1 heterocycles. The molecule has 0 spiro atoms. The van der Waals surface area contributed by atoms with E-state index in [9.17, 15) is 5.11 Å². The van der Waals surface area contributed by atoms with Crippen molar-refractivity contribution in [3.8, 4) is 0 Å². The molecule has 0 aromatic carbocycles. The summed E-state index contributed by atoms with van der Waals surface area (Å²) in [6.45, 7) is 0.0450. The van der Waals surface area contributed by atoms with E-state index in [-0.39, 0.29) is 6.61 Å². The van der Waals surface area contributed by atoms with Gasteiger partial charge in [-0.25, -0.2) is 0 Å². The predicted molar refractivity (Wildman–Crippen MR) is 48.6 cm³/mol. The van der Waals surface area contributed by atoms with E-state index < -0.39 is 24.5 Å². The summed E-state index contributed by atoms with van der Waals surface area (Å²) in [5.41, 5.74) is 16.6. The van der Waals surface area contributed by atoms with E-state index in [0.717, 1.165) is 0 Å². The quantitative estimate of drug-likeness (QED) is 0.420. The third-order valence-corrected chi connectivity index (χ3v) is 2.07. The van der Waals surface area contributed by atoms with Crippen LogP contribution in [0.3, 0.4) is 0 Å². The van der Waals surface area contributed by atoms with Crippen molar-refractivity contribution in [2.75, 3.05) is 13.7 Å². The van der Waals surface area contributed by atoms with Gasteiger partial charge in [0.2, 0.25) is 0 Å². The first kappa shape index (κ1) is 11.6. The molecule has 0 aromatic rings. The first-order chi connectivity index (χ1) is 7.24. The molecule has 1 fully saturated rings. The molecule has 9 nitrogen and oxygen atoms in total. The predicted octanol–water partition coefficient (Wildman–Crippen LogP) is 0.708. The number of azide groups is 2. The van der Waals surface area contributed by atoms with Crippen LogP contribution in [-0.2, 0) is 9.47 Å². The molecule has 1 saturated heterocycles. The third-order valence-electron chi connectivity index (χ3n) is 2.07. The van der Waals surface area contributed by atoms with Gasteiger partial charge in [-0.15, -0.1) is 0 Å². The zero-order valence-electron chi connectivity index (χ0n) is 7.96. The lowest BCUT2D eigenvalue weighted by atomic mass is 10.0. The monoisotopic (exact) mass is 214 g/mol. The van der Waals surface area contributed by atoms with E-state index in [2.05, 4.69) is 20.1 Å². The Kier molecular flexibility index (Phi) is 4.17. The topological polar surface area (TPSA) is 136 Å². The Morgan fingerprint density at radius 2 is 2.07 bits per heavy atom. The van der Waals surface area contributed by atoms with Gasteiger partial charge in [-0.1, -0.05) is 10.2 Å². The summed E-state index contributed by atoms with van der Waals surface area (Å²) >= 11 is 0. The maximum Gasteiger partial charge on any atom is 0.183 e. The summed E-state index contributed by atoms with van der Waals surface area (Å²) in [6, 6.07) is -1.59. The van der Waals surface area contributed by atoms with Gasteiger partial charge in [-0.05, 0) is 11.1 Å². The number of aliphatic hydroxyl groups excluding tert-OH is 1. The number of hydrogen-bond acceptors (Lipinski definition) is 5. The van der Waals surface area contributed by atoms with Gasteiger partial charge >= 0.3 is 0 Å². The highest BCUT2D eigenvalue weighted by Crippen LogP contribution is 2.21. The highest BCUT2D eigenvalue weighted by molar-refractivity contribution is 4.93. The van der Waals surface area contributed by atoms with Gasteiger partial charge in [0.1, 0.15) is 6.10 Å². The lowest BCUT2D eigenvalue weighted by molar-refractivity contribution is -0.211. The van der Waals surface area contributed by atoms with Gasteiger partial charge in [-0.2, -0.15) is 0 Å². The van der Waals surface area contributed by atoms with Crippen molar-refractivity contribution in [3.63, 3.8) is 0 Å². The third kappa shape index (κ3) is 2.50. The highest BCUT2D eigenvalue weighted by atomic mass is 16.7. The first-order valence-corrected chi connectivity index (χ1v) is 4.15. The minimum Gasteiger partial charge on any atom is -0.387 e. The maximum atomic E-state index is 9.66. The zero-order chi connectivity index (χ0) is 11.3. The van der Waals surface area contributed by atoms with E-state index in [1.807, 2.05) is 0 Å². The lowest BCUT2D eigenvalue weighted by Crippen LogP contribution is -2.51. The van der Waals surface area contributed by atoms with Gasteiger partial charge in [-0.3, -0.25) is 0 Å². The van der Waals surface area contributed by atoms with Crippen molar-refractivity contribution >= 4 is 0 Å². The van der Waals surface area contributed by atoms with Gasteiger partial charge in [0.25, 0.3) is 0 Å². The molecular weight excluding hydrogens is 204 g/mol. The SMILES string of the molecule is CO[C@H]1OC[C@H](N=[N+]=[N-])[C@H](N=[N+]=[N-])[C@H]1O. The summed E-state index contributed by atoms with van der Waals surface area (Å²) < 4.78 is 9.88. The van der Waals surface area contributed by atoms with E-state index in [1.54, 1.807) is 0 Å². The normalized spacial score (nSPS) is 35.1. The smallest absolute Gasteiger partial charge is 0.183 e. The molecule has 1 N–H and O–H groups in total. The molecule has 0 saturated carbocycles. The molecule has 4 atom stereocenters. The Balaban J connectivity index is 2.86. The number of nitrogens with zero attached hydrogens (tertiary/aromatic N) is 6. The summed E-state index contributed by atoms with van der Waals surface area (Å²) in [5, 5.41) is 16.4. The van der Waals surface area contributed by atoms with Crippen LogP contribution in [-0.4, -0.2) is 43.3 Å². The van der Waals surface area contributed by atoms with Crippen molar-refractivity contribution in [2.45, 2.75) is 24.5 Å².